The number of hydrogen-bond donors (Lipinski definition) is 1. The van der Waals surface area contributed by atoms with Crippen LogP contribution in [0, 0.1) is 6.42 Å². The highest BCUT2D eigenvalue weighted by Gasteiger charge is 1.87. The van der Waals surface area contributed by atoms with Gasteiger partial charge in [0.25, 0.3) is 0 Å². The van der Waals surface area contributed by atoms with Gasteiger partial charge in [0, 0.05) is 6.54 Å². The van der Waals surface area contributed by atoms with Crippen molar-refractivity contribution in [2.24, 2.45) is 0 Å². The summed E-state index contributed by atoms with van der Waals surface area (Å²) in [5.41, 5.74) is 0. The van der Waals surface area contributed by atoms with Gasteiger partial charge in [-0.05, 0) is 12.5 Å². The van der Waals surface area contributed by atoms with Gasteiger partial charge in [-0.3, -0.25) is 4.79 Å². The first-order valence-corrected chi connectivity index (χ1v) is 2.49. The van der Waals surface area contributed by atoms with Gasteiger partial charge in [0.1, 0.15) is 0 Å². The molecule has 1 N–H and O–H groups in total. The third-order valence-electron chi connectivity index (χ3n) is 0.666. The van der Waals surface area contributed by atoms with Crippen molar-refractivity contribution in [3.63, 3.8) is 0 Å². The molecule has 0 heterocycles. The van der Waals surface area contributed by atoms with Gasteiger partial charge in [-0.1, -0.05) is 13.5 Å². The molecule has 0 aliphatic carbocycles. The molecule has 1 amide bonds. The molecule has 0 unspecified atom stereocenters. The van der Waals surface area contributed by atoms with Gasteiger partial charge in [0.15, 0.2) is 0 Å². The third-order valence-corrected chi connectivity index (χ3v) is 0.666. The summed E-state index contributed by atoms with van der Waals surface area (Å²) in [7, 11) is 0. The first kappa shape index (κ1) is 7.21. The van der Waals surface area contributed by atoms with E-state index in [4.69, 9.17) is 0 Å². The van der Waals surface area contributed by atoms with E-state index in [1.807, 2.05) is 13.3 Å². The zero-order valence-corrected chi connectivity index (χ0v) is 4.98. The molecular formula is C6H10NO. The molecule has 0 spiro atoms. The molecule has 0 saturated carbocycles. The van der Waals surface area contributed by atoms with Gasteiger partial charge < -0.3 is 5.32 Å². The fourth-order valence-electron chi connectivity index (χ4n) is 0.275. The van der Waals surface area contributed by atoms with Crippen LogP contribution in [-0.4, -0.2) is 12.5 Å². The molecule has 0 aromatic carbocycles. The van der Waals surface area contributed by atoms with Gasteiger partial charge in [-0.15, -0.1) is 0 Å². The van der Waals surface area contributed by atoms with Crippen LogP contribution in [0.1, 0.15) is 6.92 Å². The summed E-state index contributed by atoms with van der Waals surface area (Å²) in [6.45, 7) is 5.78. The maximum absolute atomic E-state index is 10.3. The molecule has 0 aromatic heterocycles. The molecule has 2 heteroatoms. The lowest BCUT2D eigenvalue weighted by molar-refractivity contribution is -0.116. The Morgan fingerprint density at radius 1 is 1.88 bits per heavy atom. The van der Waals surface area contributed by atoms with Crippen LogP contribution in [0.15, 0.2) is 12.7 Å². The van der Waals surface area contributed by atoms with Crippen LogP contribution >= 0.6 is 0 Å². The average Bonchev–Trinajstić information content (AvgIpc) is 1.83. The van der Waals surface area contributed by atoms with Crippen LogP contribution < -0.4 is 5.32 Å². The van der Waals surface area contributed by atoms with Crippen molar-refractivity contribution < 1.29 is 4.79 Å². The van der Waals surface area contributed by atoms with Crippen LogP contribution in [0.25, 0.3) is 0 Å². The fraction of sp³-hybridized carbons (Fsp3) is 0.333. The molecule has 0 rings (SSSR count). The standard InChI is InChI=1S/C6H10NO/c1-3-5-7-6(8)4-2/h3-4H,2,5H2,1H3,(H,7,8). The second-order valence-corrected chi connectivity index (χ2v) is 1.36. The van der Waals surface area contributed by atoms with E-state index in [1.54, 1.807) is 0 Å². The Morgan fingerprint density at radius 3 is 2.88 bits per heavy atom. The Balaban J connectivity index is 3.11. The van der Waals surface area contributed by atoms with Crippen LogP contribution in [0.5, 0.6) is 0 Å². The quantitative estimate of drug-likeness (QED) is 0.529. The summed E-state index contributed by atoms with van der Waals surface area (Å²) in [5, 5.41) is 2.57. The van der Waals surface area contributed by atoms with E-state index in [0.29, 0.717) is 6.54 Å². The average molecular weight is 112 g/mol. The van der Waals surface area contributed by atoms with E-state index in [2.05, 4.69) is 11.9 Å². The van der Waals surface area contributed by atoms with Crippen molar-refractivity contribution in [1.29, 1.82) is 0 Å². The van der Waals surface area contributed by atoms with Crippen LogP contribution in [0.4, 0.5) is 0 Å². The Hall–Kier alpha value is -0.790. The van der Waals surface area contributed by atoms with E-state index in [1.165, 1.54) is 6.08 Å². The second-order valence-electron chi connectivity index (χ2n) is 1.36. The maximum atomic E-state index is 10.3. The van der Waals surface area contributed by atoms with Gasteiger partial charge >= 0.3 is 0 Å². The van der Waals surface area contributed by atoms with Crippen molar-refractivity contribution in [1.82, 2.24) is 5.32 Å². The highest BCUT2D eigenvalue weighted by Crippen LogP contribution is 1.68. The van der Waals surface area contributed by atoms with E-state index in [-0.39, 0.29) is 5.91 Å². The molecule has 0 aromatic rings. The minimum absolute atomic E-state index is 0.122. The molecule has 0 atom stereocenters. The van der Waals surface area contributed by atoms with Crippen LogP contribution in [0.3, 0.4) is 0 Å². The molecule has 0 aliphatic rings. The minimum Gasteiger partial charge on any atom is -0.352 e. The summed E-state index contributed by atoms with van der Waals surface area (Å²) >= 11 is 0. The topological polar surface area (TPSA) is 29.1 Å². The fourth-order valence-corrected chi connectivity index (χ4v) is 0.275. The van der Waals surface area contributed by atoms with Crippen molar-refractivity contribution in [3.05, 3.63) is 19.1 Å². The Bertz CT molecular complexity index is 88.5. The molecule has 0 aliphatic heterocycles. The third kappa shape index (κ3) is 3.40. The lowest BCUT2D eigenvalue weighted by Gasteiger charge is -1.94. The van der Waals surface area contributed by atoms with E-state index in [0.717, 1.165) is 0 Å². The van der Waals surface area contributed by atoms with Gasteiger partial charge in [0.2, 0.25) is 5.91 Å². The highest BCUT2D eigenvalue weighted by molar-refractivity contribution is 5.86. The predicted octanol–water partition coefficient (Wildman–Crippen LogP) is 0.513. The molecule has 45 valence electrons. The molecule has 8 heavy (non-hydrogen) atoms. The maximum Gasteiger partial charge on any atom is 0.243 e. The molecular weight excluding hydrogens is 102 g/mol. The zero-order chi connectivity index (χ0) is 6.41. The summed E-state index contributed by atoms with van der Waals surface area (Å²) in [6.07, 6.45) is 3.12. The lowest BCUT2D eigenvalue weighted by Crippen LogP contribution is -2.21. The number of carbonyl (C=O) groups is 1. The van der Waals surface area contributed by atoms with Crippen molar-refractivity contribution in [2.45, 2.75) is 6.92 Å². The van der Waals surface area contributed by atoms with E-state index < -0.39 is 0 Å². The molecule has 1 radical (unpaired) electrons. The monoisotopic (exact) mass is 112 g/mol. The Labute approximate surface area is 49.6 Å². The van der Waals surface area contributed by atoms with Crippen LogP contribution in [-0.2, 0) is 4.79 Å². The summed E-state index contributed by atoms with van der Waals surface area (Å²) in [5.74, 6) is -0.122. The van der Waals surface area contributed by atoms with Gasteiger partial charge in [-0.25, -0.2) is 0 Å². The van der Waals surface area contributed by atoms with Crippen LogP contribution in [0.2, 0.25) is 0 Å². The molecule has 2 nitrogen and oxygen atoms in total. The highest BCUT2D eigenvalue weighted by atomic mass is 16.1. The first-order chi connectivity index (χ1) is 3.81. The van der Waals surface area contributed by atoms with Crippen molar-refractivity contribution in [2.75, 3.05) is 6.54 Å². The van der Waals surface area contributed by atoms with Crippen molar-refractivity contribution in [3.8, 4) is 0 Å². The normalized spacial score (nSPS) is 8.12. The van der Waals surface area contributed by atoms with Crippen molar-refractivity contribution >= 4 is 5.91 Å². The van der Waals surface area contributed by atoms with Gasteiger partial charge in [-0.2, -0.15) is 0 Å². The zero-order valence-electron chi connectivity index (χ0n) is 4.98. The number of nitrogens with one attached hydrogen (secondary N) is 1. The van der Waals surface area contributed by atoms with Gasteiger partial charge in [0.05, 0.1) is 0 Å². The minimum atomic E-state index is -0.122. The Morgan fingerprint density at radius 2 is 2.50 bits per heavy atom. The smallest absolute Gasteiger partial charge is 0.243 e. The molecule has 0 bridgehead atoms. The number of hydrogen-bond acceptors (Lipinski definition) is 1. The SMILES string of the molecule is C=CC(=O)NC[CH]C. The number of amides is 1. The largest absolute Gasteiger partial charge is 0.352 e. The number of rotatable bonds is 3. The summed E-state index contributed by atoms with van der Waals surface area (Å²) < 4.78 is 0. The second kappa shape index (κ2) is 4.37. The number of carbonyl (C=O) groups excluding carboxylic acids is 1. The summed E-state index contributed by atoms with van der Waals surface area (Å²) in [6, 6.07) is 0. The lowest BCUT2D eigenvalue weighted by atomic mass is 10.4. The predicted molar refractivity (Wildman–Crippen MR) is 33.2 cm³/mol. The Kier molecular flexibility index (Phi) is 3.94. The first-order valence-electron chi connectivity index (χ1n) is 2.49. The molecule has 0 saturated heterocycles. The molecule has 0 fully saturated rings. The van der Waals surface area contributed by atoms with E-state index in [9.17, 15) is 4.79 Å². The van der Waals surface area contributed by atoms with E-state index >= 15 is 0 Å². The summed E-state index contributed by atoms with van der Waals surface area (Å²) in [4.78, 5) is 10.3.